The van der Waals surface area contributed by atoms with Gasteiger partial charge in [-0.2, -0.15) is 9.98 Å². The van der Waals surface area contributed by atoms with Gasteiger partial charge in [0, 0.05) is 4.91 Å². The number of hydrogen-bond donors (Lipinski definition) is 2. The third-order valence-electron chi connectivity index (χ3n) is 0.763. The number of hydrogen-bond acceptors (Lipinski definition) is 5. The van der Waals surface area contributed by atoms with E-state index in [9.17, 15) is 0 Å². The van der Waals surface area contributed by atoms with Crippen LogP contribution in [0.5, 0.6) is 0 Å². The summed E-state index contributed by atoms with van der Waals surface area (Å²) < 4.78 is 4.45. The number of rotatable bonds is 2. The number of nitrogens with two attached hydrogens (primary N) is 2. The fraction of sp³-hybridized carbons (Fsp3) is 0. The Bertz CT molecular complexity index is 341. The molecule has 0 aliphatic rings. The van der Waals surface area contributed by atoms with E-state index < -0.39 is 0 Å². The topological polar surface area (TPSA) is 152 Å². The van der Waals surface area contributed by atoms with E-state index in [2.05, 4.69) is 29.7 Å². The summed E-state index contributed by atoms with van der Waals surface area (Å²) >= 11 is 0. The standard InChI is InChI=1S/C3H4N8O/c4-1(5)7-3-8-2(9-11-6)10-12-3/h(H4,4,5,7,8,10). The Kier molecular flexibility index (Phi) is 2.09. The molecule has 0 aromatic carbocycles. The number of guanidine groups is 1. The average molecular weight is 168 g/mol. The molecule has 1 aromatic heterocycles. The number of nitrogens with zero attached hydrogens (tertiary/aromatic N) is 6. The summed E-state index contributed by atoms with van der Waals surface area (Å²) in [5.41, 5.74) is 18.0. The van der Waals surface area contributed by atoms with Crippen LogP contribution in [0.15, 0.2) is 14.6 Å². The predicted octanol–water partition coefficient (Wildman–Crippen LogP) is -0.0837. The molecule has 0 aliphatic carbocycles. The van der Waals surface area contributed by atoms with Gasteiger partial charge in [-0.25, -0.2) is 0 Å². The van der Waals surface area contributed by atoms with Crippen LogP contribution < -0.4 is 11.5 Å². The second kappa shape index (κ2) is 3.21. The van der Waals surface area contributed by atoms with Crippen molar-refractivity contribution in [1.29, 1.82) is 0 Å². The molecule has 1 rings (SSSR count). The molecule has 0 fully saturated rings. The van der Waals surface area contributed by atoms with E-state index in [1.807, 2.05) is 0 Å². The van der Waals surface area contributed by atoms with E-state index >= 15 is 0 Å². The Morgan fingerprint density at radius 2 is 2.33 bits per heavy atom. The van der Waals surface area contributed by atoms with E-state index in [1.165, 1.54) is 0 Å². The van der Waals surface area contributed by atoms with Crippen LogP contribution in [0.25, 0.3) is 10.4 Å². The maximum absolute atomic E-state index is 7.96. The lowest BCUT2D eigenvalue weighted by Crippen LogP contribution is -2.21. The average Bonchev–Trinajstić information content (AvgIpc) is 2.36. The van der Waals surface area contributed by atoms with Crippen molar-refractivity contribution in [2.75, 3.05) is 0 Å². The minimum absolute atomic E-state index is 0.155. The van der Waals surface area contributed by atoms with Gasteiger partial charge in [0.2, 0.25) is 0 Å². The first-order valence-electron chi connectivity index (χ1n) is 2.71. The van der Waals surface area contributed by atoms with Gasteiger partial charge in [0.15, 0.2) is 5.96 Å². The Labute approximate surface area is 65.7 Å². The van der Waals surface area contributed by atoms with E-state index in [0.717, 1.165) is 0 Å². The second-order valence-electron chi connectivity index (χ2n) is 1.60. The molecule has 0 bridgehead atoms. The van der Waals surface area contributed by atoms with Crippen LogP contribution in [0.1, 0.15) is 0 Å². The molecule has 0 amide bonds. The summed E-state index contributed by atoms with van der Waals surface area (Å²) in [4.78, 5) is 9.33. The lowest BCUT2D eigenvalue weighted by atomic mass is 11.0. The highest BCUT2D eigenvalue weighted by Crippen LogP contribution is 2.12. The molecular weight excluding hydrogens is 164 g/mol. The summed E-state index contributed by atoms with van der Waals surface area (Å²) in [5, 5.41) is 6.28. The molecule has 1 heterocycles. The first-order chi connectivity index (χ1) is 5.72. The molecule has 1 aromatic rings. The summed E-state index contributed by atoms with van der Waals surface area (Å²) in [6, 6.07) is -0.155. The van der Waals surface area contributed by atoms with E-state index in [4.69, 9.17) is 17.0 Å². The van der Waals surface area contributed by atoms with Crippen LogP contribution in [0.3, 0.4) is 0 Å². The second-order valence-corrected chi connectivity index (χ2v) is 1.60. The van der Waals surface area contributed by atoms with E-state index in [-0.39, 0.29) is 17.9 Å². The monoisotopic (exact) mass is 168 g/mol. The molecule has 9 nitrogen and oxygen atoms in total. The summed E-state index contributed by atoms with van der Waals surface area (Å²) in [6.07, 6.45) is 0. The summed E-state index contributed by atoms with van der Waals surface area (Å²) in [6.45, 7) is 0. The van der Waals surface area contributed by atoms with Crippen molar-refractivity contribution >= 4 is 17.9 Å². The minimum Gasteiger partial charge on any atom is -0.370 e. The summed E-state index contributed by atoms with van der Waals surface area (Å²) in [5.74, 6) is -0.386. The Hall–Kier alpha value is -2.28. The van der Waals surface area contributed by atoms with Crippen molar-refractivity contribution in [2.45, 2.75) is 0 Å². The quantitative estimate of drug-likeness (QED) is 0.208. The molecule has 0 unspecified atom stereocenters. The van der Waals surface area contributed by atoms with Crippen LogP contribution >= 0.6 is 0 Å². The van der Waals surface area contributed by atoms with Crippen LogP contribution in [0.4, 0.5) is 12.0 Å². The molecule has 9 heteroatoms. The zero-order valence-electron chi connectivity index (χ0n) is 5.75. The molecule has 0 radical (unpaired) electrons. The molecular formula is C3H4N8O. The zero-order chi connectivity index (χ0) is 8.97. The van der Waals surface area contributed by atoms with Crippen LogP contribution in [0.2, 0.25) is 0 Å². The highest BCUT2D eigenvalue weighted by molar-refractivity contribution is 5.77. The molecule has 0 aliphatic heterocycles. The number of aromatic nitrogens is 2. The predicted molar refractivity (Wildman–Crippen MR) is 38.6 cm³/mol. The van der Waals surface area contributed by atoms with Crippen molar-refractivity contribution in [3.8, 4) is 0 Å². The van der Waals surface area contributed by atoms with Crippen molar-refractivity contribution < 1.29 is 4.52 Å². The fourth-order valence-corrected chi connectivity index (χ4v) is 0.444. The molecule has 0 saturated heterocycles. The Balaban J connectivity index is 2.91. The van der Waals surface area contributed by atoms with Crippen LogP contribution in [0, 0.1) is 0 Å². The number of aliphatic imine (C=N–C) groups is 1. The van der Waals surface area contributed by atoms with Crippen molar-refractivity contribution in [3.05, 3.63) is 10.4 Å². The molecule has 0 spiro atoms. The lowest BCUT2D eigenvalue weighted by Gasteiger charge is -1.82. The molecule has 62 valence electrons. The molecule has 12 heavy (non-hydrogen) atoms. The lowest BCUT2D eigenvalue weighted by molar-refractivity contribution is 0.429. The smallest absolute Gasteiger partial charge is 0.350 e. The molecule has 0 saturated carbocycles. The van der Waals surface area contributed by atoms with Gasteiger partial charge < -0.3 is 16.0 Å². The maximum Gasteiger partial charge on any atom is 0.350 e. The van der Waals surface area contributed by atoms with Gasteiger partial charge in [0.05, 0.1) is 0 Å². The van der Waals surface area contributed by atoms with Crippen LogP contribution in [-0.4, -0.2) is 16.1 Å². The van der Waals surface area contributed by atoms with Gasteiger partial charge in [-0.1, -0.05) is 5.16 Å². The van der Waals surface area contributed by atoms with Gasteiger partial charge >= 0.3 is 6.01 Å². The number of azide groups is 1. The van der Waals surface area contributed by atoms with Gasteiger partial charge in [0.1, 0.15) is 0 Å². The summed E-state index contributed by atoms with van der Waals surface area (Å²) in [7, 11) is 0. The van der Waals surface area contributed by atoms with Crippen molar-refractivity contribution in [2.24, 2.45) is 21.6 Å². The highest BCUT2D eigenvalue weighted by atomic mass is 16.5. The fourth-order valence-electron chi connectivity index (χ4n) is 0.444. The first kappa shape index (κ1) is 7.82. The van der Waals surface area contributed by atoms with Crippen LogP contribution in [-0.2, 0) is 0 Å². The normalized spacial score (nSPS) is 8.67. The zero-order valence-corrected chi connectivity index (χ0v) is 5.75. The van der Waals surface area contributed by atoms with Gasteiger partial charge in [-0.15, -0.1) is 0 Å². The first-order valence-corrected chi connectivity index (χ1v) is 2.71. The Morgan fingerprint density at radius 3 is 2.92 bits per heavy atom. The largest absolute Gasteiger partial charge is 0.370 e. The van der Waals surface area contributed by atoms with Crippen molar-refractivity contribution in [3.63, 3.8) is 0 Å². The van der Waals surface area contributed by atoms with E-state index in [1.54, 1.807) is 0 Å². The third kappa shape index (κ3) is 1.85. The minimum atomic E-state index is -0.217. The molecule has 4 N–H and O–H groups in total. The van der Waals surface area contributed by atoms with Crippen molar-refractivity contribution in [1.82, 2.24) is 10.1 Å². The van der Waals surface area contributed by atoms with Gasteiger partial charge in [-0.05, 0) is 10.6 Å². The Morgan fingerprint density at radius 1 is 1.58 bits per heavy atom. The SMILES string of the molecule is [N-]=[N+]=Nc1noc(N=C(N)N)n1. The maximum atomic E-state index is 7.96. The van der Waals surface area contributed by atoms with Gasteiger partial charge in [0.25, 0.3) is 5.95 Å². The third-order valence-corrected chi connectivity index (χ3v) is 0.763. The van der Waals surface area contributed by atoms with E-state index in [0.29, 0.717) is 0 Å². The highest BCUT2D eigenvalue weighted by Gasteiger charge is 2.01. The molecule has 0 atom stereocenters. The van der Waals surface area contributed by atoms with Gasteiger partial charge in [-0.3, -0.25) is 0 Å².